The third-order valence-electron chi connectivity index (χ3n) is 3.16. The van der Waals surface area contributed by atoms with Gasteiger partial charge in [0.15, 0.2) is 6.10 Å². The number of amides is 1. The van der Waals surface area contributed by atoms with Crippen LogP contribution in [0.25, 0.3) is 0 Å². The van der Waals surface area contributed by atoms with Crippen molar-refractivity contribution >= 4 is 14.0 Å². The van der Waals surface area contributed by atoms with Gasteiger partial charge in [0.2, 0.25) is 0 Å². The zero-order valence-corrected chi connectivity index (χ0v) is 13.8. The summed E-state index contributed by atoms with van der Waals surface area (Å²) in [5.41, 5.74) is 0. The zero-order valence-electron chi connectivity index (χ0n) is 12.8. The van der Waals surface area contributed by atoms with Crippen LogP contribution in [0.2, 0.25) is 25.7 Å². The van der Waals surface area contributed by atoms with E-state index in [2.05, 4.69) is 25.0 Å². The van der Waals surface area contributed by atoms with E-state index in [1.54, 1.807) is 6.92 Å². The molecule has 7 heteroatoms. The molecule has 0 radical (unpaired) electrons. The van der Waals surface area contributed by atoms with Crippen molar-refractivity contribution in [3.63, 3.8) is 0 Å². The maximum Gasteiger partial charge on any atom is 0.251 e. The van der Waals surface area contributed by atoms with Crippen LogP contribution in [0.3, 0.4) is 0 Å². The van der Waals surface area contributed by atoms with Crippen molar-refractivity contribution in [3.05, 3.63) is 0 Å². The number of rotatable bonds is 9. The summed E-state index contributed by atoms with van der Waals surface area (Å²) >= 11 is 0. The summed E-state index contributed by atoms with van der Waals surface area (Å²) in [5.74, 6) is -0.726. The molecule has 0 fully saturated rings. The fraction of sp³-hybridized carbons (Fsp3) is 0.923. The van der Waals surface area contributed by atoms with Crippen LogP contribution in [-0.4, -0.2) is 65.4 Å². The number of hydrogen-bond donors (Lipinski definition) is 5. The standard InChI is InChI=1S/C13H29NO5Si/c1-5-9(15)10(16)11(17)12(18)13(19)14-7-6-8-20(2,3)4/h9-12,15-18H,5-8H2,1-4H3,(H,14,19)/t9-,10-,11?,12-/m1/s1. The second-order valence-electron chi connectivity index (χ2n) is 6.36. The van der Waals surface area contributed by atoms with Gasteiger partial charge in [-0.1, -0.05) is 32.6 Å². The average Bonchev–Trinajstić information content (AvgIpc) is 2.38. The van der Waals surface area contributed by atoms with Crippen molar-refractivity contribution in [1.82, 2.24) is 5.32 Å². The second-order valence-corrected chi connectivity index (χ2v) is 12.0. The molecule has 0 bridgehead atoms. The SMILES string of the molecule is CC[C@@H](O)[C@@H](O)C(O)[C@@H](O)C(=O)NCCC[Si](C)(C)C. The third kappa shape index (κ3) is 7.35. The molecule has 120 valence electrons. The number of nitrogens with one attached hydrogen (secondary N) is 1. The smallest absolute Gasteiger partial charge is 0.251 e. The molecule has 6 nitrogen and oxygen atoms in total. The Morgan fingerprint density at radius 2 is 1.65 bits per heavy atom. The summed E-state index contributed by atoms with van der Waals surface area (Å²) in [4.78, 5) is 11.6. The molecule has 0 rings (SSSR count). The minimum atomic E-state index is -1.74. The van der Waals surface area contributed by atoms with E-state index in [4.69, 9.17) is 0 Å². The fourth-order valence-electron chi connectivity index (χ4n) is 1.75. The fourth-order valence-corrected chi connectivity index (χ4v) is 2.98. The van der Waals surface area contributed by atoms with Gasteiger partial charge in [0.25, 0.3) is 5.91 Å². The van der Waals surface area contributed by atoms with Gasteiger partial charge in [-0.15, -0.1) is 0 Å². The van der Waals surface area contributed by atoms with Crippen LogP contribution in [0.15, 0.2) is 0 Å². The van der Waals surface area contributed by atoms with Crippen molar-refractivity contribution in [1.29, 1.82) is 0 Å². The molecule has 0 spiro atoms. The summed E-state index contributed by atoms with van der Waals surface area (Å²) < 4.78 is 0. The molecule has 1 unspecified atom stereocenters. The Kier molecular flexibility index (Phi) is 8.53. The lowest BCUT2D eigenvalue weighted by molar-refractivity contribution is -0.146. The van der Waals surface area contributed by atoms with Gasteiger partial charge in [-0.3, -0.25) is 4.79 Å². The summed E-state index contributed by atoms with van der Waals surface area (Å²) in [6.45, 7) is 8.75. The van der Waals surface area contributed by atoms with Crippen LogP contribution < -0.4 is 5.32 Å². The summed E-state index contributed by atoms with van der Waals surface area (Å²) in [6.07, 6.45) is -5.09. The molecule has 0 saturated heterocycles. The normalized spacial score (nSPS) is 18.2. The first-order chi connectivity index (χ1) is 9.10. The van der Waals surface area contributed by atoms with Crippen LogP contribution in [-0.2, 0) is 4.79 Å². The zero-order chi connectivity index (χ0) is 15.9. The van der Waals surface area contributed by atoms with Crippen molar-refractivity contribution in [2.75, 3.05) is 6.54 Å². The van der Waals surface area contributed by atoms with E-state index in [9.17, 15) is 25.2 Å². The maximum atomic E-state index is 11.6. The van der Waals surface area contributed by atoms with E-state index in [0.29, 0.717) is 6.54 Å². The van der Waals surface area contributed by atoms with Crippen LogP contribution in [0.5, 0.6) is 0 Å². The quantitative estimate of drug-likeness (QED) is 0.296. The topological polar surface area (TPSA) is 110 Å². The van der Waals surface area contributed by atoms with E-state index in [1.165, 1.54) is 0 Å². The van der Waals surface area contributed by atoms with Gasteiger partial charge >= 0.3 is 0 Å². The van der Waals surface area contributed by atoms with E-state index >= 15 is 0 Å². The number of aliphatic hydroxyl groups excluding tert-OH is 4. The molecule has 0 aliphatic rings. The molecule has 0 aromatic carbocycles. The summed E-state index contributed by atoms with van der Waals surface area (Å²) in [7, 11) is -1.15. The monoisotopic (exact) mass is 307 g/mol. The summed E-state index contributed by atoms with van der Waals surface area (Å²) in [6, 6.07) is 1.06. The average molecular weight is 307 g/mol. The minimum absolute atomic E-state index is 0.225. The minimum Gasteiger partial charge on any atom is -0.390 e. The highest BCUT2D eigenvalue weighted by Crippen LogP contribution is 2.10. The molecule has 20 heavy (non-hydrogen) atoms. The van der Waals surface area contributed by atoms with Gasteiger partial charge in [0, 0.05) is 14.6 Å². The Balaban J connectivity index is 4.14. The van der Waals surface area contributed by atoms with Crippen LogP contribution in [0.4, 0.5) is 0 Å². The van der Waals surface area contributed by atoms with Crippen molar-refractivity contribution in [2.24, 2.45) is 0 Å². The molecular formula is C13H29NO5Si. The maximum absolute atomic E-state index is 11.6. The number of aliphatic hydroxyl groups is 4. The molecule has 0 aliphatic heterocycles. The highest BCUT2D eigenvalue weighted by molar-refractivity contribution is 6.76. The number of hydrogen-bond acceptors (Lipinski definition) is 5. The Bertz CT molecular complexity index is 295. The second kappa shape index (κ2) is 8.73. The molecule has 0 aliphatic carbocycles. The first-order valence-corrected chi connectivity index (χ1v) is 10.8. The Hall–Kier alpha value is -0.473. The molecule has 0 aromatic heterocycles. The van der Waals surface area contributed by atoms with Crippen molar-refractivity contribution in [2.45, 2.75) is 69.9 Å². The van der Waals surface area contributed by atoms with Gasteiger partial charge in [-0.2, -0.15) is 0 Å². The first-order valence-electron chi connectivity index (χ1n) is 7.10. The summed E-state index contributed by atoms with van der Waals surface area (Å²) in [5, 5.41) is 40.7. The lowest BCUT2D eigenvalue weighted by atomic mass is 10.0. The van der Waals surface area contributed by atoms with E-state index < -0.39 is 38.4 Å². The van der Waals surface area contributed by atoms with E-state index in [0.717, 1.165) is 12.5 Å². The molecule has 1 amide bonds. The number of carbonyl (C=O) groups is 1. The van der Waals surface area contributed by atoms with Gasteiger partial charge < -0.3 is 25.7 Å². The van der Waals surface area contributed by atoms with Crippen LogP contribution in [0.1, 0.15) is 19.8 Å². The van der Waals surface area contributed by atoms with Gasteiger partial charge in [0.05, 0.1) is 6.10 Å². The largest absolute Gasteiger partial charge is 0.390 e. The Labute approximate surface area is 121 Å². The first kappa shape index (κ1) is 19.5. The highest BCUT2D eigenvalue weighted by Gasteiger charge is 2.33. The number of carbonyl (C=O) groups excluding carboxylic acids is 1. The molecule has 0 heterocycles. The molecular weight excluding hydrogens is 278 g/mol. The van der Waals surface area contributed by atoms with Crippen molar-refractivity contribution in [3.8, 4) is 0 Å². The molecule has 4 atom stereocenters. The third-order valence-corrected chi connectivity index (χ3v) is 5.01. The lowest BCUT2D eigenvalue weighted by Crippen LogP contribution is -2.51. The molecule has 0 aromatic rings. The predicted molar refractivity (Wildman–Crippen MR) is 80.1 cm³/mol. The van der Waals surface area contributed by atoms with Gasteiger partial charge in [0.1, 0.15) is 12.2 Å². The Morgan fingerprint density at radius 3 is 2.10 bits per heavy atom. The van der Waals surface area contributed by atoms with Crippen LogP contribution in [0, 0.1) is 0 Å². The molecule has 5 N–H and O–H groups in total. The van der Waals surface area contributed by atoms with Crippen LogP contribution >= 0.6 is 0 Å². The van der Waals surface area contributed by atoms with Gasteiger partial charge in [-0.25, -0.2) is 0 Å². The van der Waals surface area contributed by atoms with E-state index in [1.807, 2.05) is 0 Å². The van der Waals surface area contributed by atoms with E-state index in [-0.39, 0.29) is 6.42 Å². The van der Waals surface area contributed by atoms with Gasteiger partial charge in [-0.05, 0) is 12.8 Å². The van der Waals surface area contributed by atoms with Crippen molar-refractivity contribution < 1.29 is 25.2 Å². The highest BCUT2D eigenvalue weighted by atomic mass is 28.3. The lowest BCUT2D eigenvalue weighted by Gasteiger charge is -2.25. The molecule has 0 saturated carbocycles. The Morgan fingerprint density at radius 1 is 1.10 bits per heavy atom. The predicted octanol–water partition coefficient (Wildman–Crippen LogP) is -0.316.